The second-order valence-corrected chi connectivity index (χ2v) is 9.05. The number of amides is 2. The molecule has 1 aromatic carbocycles. The lowest BCUT2D eigenvalue weighted by Crippen LogP contribution is -2.46. The number of aromatic nitrogens is 2. The molecule has 30 heavy (non-hydrogen) atoms. The summed E-state index contributed by atoms with van der Waals surface area (Å²) in [6, 6.07) is 5.73. The lowest BCUT2D eigenvalue weighted by molar-refractivity contribution is -0.122. The maximum Gasteiger partial charge on any atom is 0.251 e. The smallest absolute Gasteiger partial charge is 0.251 e. The second-order valence-electron chi connectivity index (χ2n) is 9.05. The normalized spacial score (nSPS) is 22.2. The maximum atomic E-state index is 12.8. The lowest BCUT2D eigenvalue weighted by atomic mass is 9.90. The van der Waals surface area contributed by atoms with E-state index in [0.29, 0.717) is 17.9 Å². The van der Waals surface area contributed by atoms with Crippen LogP contribution in [0.15, 0.2) is 18.2 Å². The number of fused-ring (bicyclic) bond motifs is 1. The standard InChI is InChI=1S/C24H32N4O2/c1-15-16(2)26-22-13-18(10-11-21(22)25-15)24(30)28-20-9-5-8-19(14-20)27-23(29)12-17-6-3-4-7-17/h10-11,13,17,19-20H,3-9,12,14H2,1-2H3,(H,27,29)(H,28,30)/t19-,20-/m1/s1. The highest BCUT2D eigenvalue weighted by Crippen LogP contribution is 2.28. The van der Waals surface area contributed by atoms with Gasteiger partial charge in [0, 0.05) is 24.1 Å². The van der Waals surface area contributed by atoms with E-state index < -0.39 is 0 Å². The van der Waals surface area contributed by atoms with Crippen LogP contribution in [0.2, 0.25) is 0 Å². The van der Waals surface area contributed by atoms with Crippen molar-refractivity contribution in [1.82, 2.24) is 20.6 Å². The summed E-state index contributed by atoms with van der Waals surface area (Å²) in [5.41, 5.74) is 3.93. The molecule has 2 aliphatic rings. The van der Waals surface area contributed by atoms with Gasteiger partial charge in [-0.05, 0) is 76.5 Å². The van der Waals surface area contributed by atoms with Crippen LogP contribution in [0, 0.1) is 19.8 Å². The minimum Gasteiger partial charge on any atom is -0.353 e. The Labute approximate surface area is 178 Å². The van der Waals surface area contributed by atoms with Gasteiger partial charge in [-0.3, -0.25) is 9.59 Å². The van der Waals surface area contributed by atoms with E-state index in [1.165, 1.54) is 25.7 Å². The molecule has 6 heteroatoms. The predicted octanol–water partition coefficient (Wildman–Crippen LogP) is 3.98. The maximum absolute atomic E-state index is 12.8. The largest absolute Gasteiger partial charge is 0.353 e. The first-order valence-electron chi connectivity index (χ1n) is 11.3. The molecule has 0 bridgehead atoms. The average Bonchev–Trinajstić information content (AvgIpc) is 3.21. The van der Waals surface area contributed by atoms with Crippen molar-refractivity contribution in [2.75, 3.05) is 0 Å². The Kier molecular flexibility index (Phi) is 6.30. The number of aryl methyl sites for hydroxylation is 2. The predicted molar refractivity (Wildman–Crippen MR) is 117 cm³/mol. The van der Waals surface area contributed by atoms with Crippen LogP contribution in [0.25, 0.3) is 11.0 Å². The van der Waals surface area contributed by atoms with E-state index in [0.717, 1.165) is 48.1 Å². The molecular formula is C24H32N4O2. The first-order valence-corrected chi connectivity index (χ1v) is 11.3. The van der Waals surface area contributed by atoms with Crippen molar-refractivity contribution in [2.45, 2.75) is 83.7 Å². The van der Waals surface area contributed by atoms with Gasteiger partial charge in [0.25, 0.3) is 5.91 Å². The monoisotopic (exact) mass is 408 g/mol. The van der Waals surface area contributed by atoms with E-state index in [1.807, 2.05) is 32.0 Å². The second kappa shape index (κ2) is 9.11. The van der Waals surface area contributed by atoms with Crippen molar-refractivity contribution >= 4 is 22.8 Å². The van der Waals surface area contributed by atoms with Gasteiger partial charge in [0.2, 0.25) is 5.91 Å². The van der Waals surface area contributed by atoms with E-state index in [-0.39, 0.29) is 23.9 Å². The van der Waals surface area contributed by atoms with Crippen molar-refractivity contribution in [3.63, 3.8) is 0 Å². The summed E-state index contributed by atoms with van der Waals surface area (Å²) in [5.74, 6) is 0.657. The fraction of sp³-hybridized carbons (Fsp3) is 0.583. The van der Waals surface area contributed by atoms with Gasteiger partial charge in [-0.15, -0.1) is 0 Å². The van der Waals surface area contributed by atoms with Gasteiger partial charge in [0.1, 0.15) is 0 Å². The molecule has 2 atom stereocenters. The van der Waals surface area contributed by atoms with E-state index in [9.17, 15) is 9.59 Å². The molecule has 0 radical (unpaired) electrons. The molecule has 160 valence electrons. The third-order valence-corrected chi connectivity index (χ3v) is 6.66. The summed E-state index contributed by atoms with van der Waals surface area (Å²) in [6.07, 6.45) is 9.31. The molecule has 2 aliphatic carbocycles. The first kappa shape index (κ1) is 20.8. The van der Waals surface area contributed by atoms with Crippen LogP contribution in [0.1, 0.15) is 79.5 Å². The molecule has 2 amide bonds. The highest BCUT2D eigenvalue weighted by Gasteiger charge is 2.26. The third kappa shape index (κ3) is 4.97. The van der Waals surface area contributed by atoms with Crippen LogP contribution in [-0.2, 0) is 4.79 Å². The van der Waals surface area contributed by atoms with Gasteiger partial charge in [-0.25, -0.2) is 9.97 Å². The molecule has 0 aliphatic heterocycles. The molecule has 2 aromatic rings. The van der Waals surface area contributed by atoms with E-state index >= 15 is 0 Å². The quantitative estimate of drug-likeness (QED) is 0.784. The third-order valence-electron chi connectivity index (χ3n) is 6.66. The molecule has 1 aromatic heterocycles. The summed E-state index contributed by atoms with van der Waals surface area (Å²) in [4.78, 5) is 34.3. The Morgan fingerprint density at radius 2 is 1.57 bits per heavy atom. The zero-order valence-corrected chi connectivity index (χ0v) is 18.0. The SMILES string of the molecule is Cc1nc2ccc(C(=O)N[C@@H]3CCC[C@@H](NC(=O)CC4CCCC4)C3)cc2nc1C. The Morgan fingerprint density at radius 3 is 2.30 bits per heavy atom. The molecule has 2 fully saturated rings. The number of hydrogen-bond donors (Lipinski definition) is 2. The topological polar surface area (TPSA) is 84.0 Å². The van der Waals surface area contributed by atoms with Gasteiger partial charge >= 0.3 is 0 Å². The van der Waals surface area contributed by atoms with Crippen LogP contribution < -0.4 is 10.6 Å². The zero-order valence-electron chi connectivity index (χ0n) is 18.0. The summed E-state index contributed by atoms with van der Waals surface area (Å²) in [7, 11) is 0. The number of nitrogens with zero attached hydrogens (tertiary/aromatic N) is 2. The van der Waals surface area contributed by atoms with Crippen molar-refractivity contribution in [1.29, 1.82) is 0 Å². The van der Waals surface area contributed by atoms with Crippen molar-refractivity contribution < 1.29 is 9.59 Å². The minimum absolute atomic E-state index is 0.0835. The van der Waals surface area contributed by atoms with Crippen LogP contribution in [0.5, 0.6) is 0 Å². The highest BCUT2D eigenvalue weighted by molar-refractivity contribution is 5.97. The molecule has 6 nitrogen and oxygen atoms in total. The molecule has 4 rings (SSSR count). The summed E-state index contributed by atoms with van der Waals surface area (Å²) < 4.78 is 0. The number of benzene rings is 1. The Morgan fingerprint density at radius 1 is 0.900 bits per heavy atom. The Balaban J connectivity index is 1.34. The van der Waals surface area contributed by atoms with Crippen LogP contribution >= 0.6 is 0 Å². The lowest BCUT2D eigenvalue weighted by Gasteiger charge is -2.30. The molecule has 0 spiro atoms. The summed E-state index contributed by atoms with van der Waals surface area (Å²) in [6.45, 7) is 3.87. The number of hydrogen-bond acceptors (Lipinski definition) is 4. The fourth-order valence-electron chi connectivity index (χ4n) is 4.86. The van der Waals surface area contributed by atoms with E-state index in [2.05, 4.69) is 20.6 Å². The minimum atomic E-state index is -0.0835. The van der Waals surface area contributed by atoms with Crippen molar-refractivity contribution in [2.24, 2.45) is 5.92 Å². The van der Waals surface area contributed by atoms with Gasteiger partial charge in [0.15, 0.2) is 0 Å². The molecule has 0 unspecified atom stereocenters. The first-order chi connectivity index (χ1) is 14.5. The molecule has 2 N–H and O–H groups in total. The number of carbonyl (C=O) groups excluding carboxylic acids is 2. The Bertz CT molecular complexity index is 936. The molecule has 0 saturated heterocycles. The number of nitrogens with one attached hydrogen (secondary N) is 2. The average molecular weight is 409 g/mol. The van der Waals surface area contributed by atoms with E-state index in [1.54, 1.807) is 0 Å². The number of carbonyl (C=O) groups is 2. The van der Waals surface area contributed by atoms with Gasteiger partial charge in [0.05, 0.1) is 22.4 Å². The van der Waals surface area contributed by atoms with Gasteiger partial charge in [-0.2, -0.15) is 0 Å². The van der Waals surface area contributed by atoms with Crippen LogP contribution in [0.3, 0.4) is 0 Å². The fourth-order valence-corrected chi connectivity index (χ4v) is 4.86. The highest BCUT2D eigenvalue weighted by atomic mass is 16.2. The summed E-state index contributed by atoms with van der Waals surface area (Å²) in [5, 5.41) is 6.38. The van der Waals surface area contributed by atoms with E-state index in [4.69, 9.17) is 0 Å². The molecule has 2 saturated carbocycles. The van der Waals surface area contributed by atoms with Gasteiger partial charge < -0.3 is 10.6 Å². The van der Waals surface area contributed by atoms with Crippen LogP contribution in [0.4, 0.5) is 0 Å². The molecular weight excluding hydrogens is 376 g/mol. The van der Waals surface area contributed by atoms with Gasteiger partial charge in [-0.1, -0.05) is 12.8 Å². The summed E-state index contributed by atoms with van der Waals surface area (Å²) >= 11 is 0. The zero-order chi connectivity index (χ0) is 21.1. The number of rotatable bonds is 5. The van der Waals surface area contributed by atoms with Crippen LogP contribution in [-0.4, -0.2) is 33.9 Å². The van der Waals surface area contributed by atoms with Crippen molar-refractivity contribution in [3.05, 3.63) is 35.2 Å². The Hall–Kier alpha value is -2.50. The molecule has 1 heterocycles. The van der Waals surface area contributed by atoms with Crippen molar-refractivity contribution in [3.8, 4) is 0 Å².